The second kappa shape index (κ2) is 8.50. The van der Waals surface area contributed by atoms with Crippen LogP contribution in [0, 0.1) is 0 Å². The summed E-state index contributed by atoms with van der Waals surface area (Å²) < 4.78 is 0. The number of hydrogen-bond acceptors (Lipinski definition) is 3. The predicted octanol–water partition coefficient (Wildman–Crippen LogP) is 0.660. The number of amides is 2. The van der Waals surface area contributed by atoms with Crippen molar-refractivity contribution < 1.29 is 9.59 Å². The number of carbonyl (C=O) groups is 2. The minimum Gasteiger partial charge on any atom is -0.370 e. The van der Waals surface area contributed by atoms with Crippen LogP contribution in [0.25, 0.3) is 0 Å². The number of rotatable bonds is 6. The van der Waals surface area contributed by atoms with Crippen LogP contribution >= 0.6 is 12.4 Å². The lowest BCUT2D eigenvalue weighted by Gasteiger charge is -2.24. The number of nitrogens with zero attached hydrogens (tertiary/aromatic N) is 1. The van der Waals surface area contributed by atoms with E-state index in [1.165, 1.54) is 0 Å². The minimum absolute atomic E-state index is 0. The standard InChI is InChI=1S/C13H19N3O2.ClH/c1-10(14)13(18)16(8-7-12(15)17)9-11-5-3-2-4-6-11;/h2-6,10H,7-9,14H2,1H3,(H2,15,17);1H/t10-;/m1./s1. The summed E-state index contributed by atoms with van der Waals surface area (Å²) in [6.45, 7) is 2.36. The molecule has 2 amide bonds. The highest BCUT2D eigenvalue weighted by atomic mass is 35.5. The maximum Gasteiger partial charge on any atom is 0.239 e. The lowest BCUT2D eigenvalue weighted by atomic mass is 10.2. The molecule has 106 valence electrons. The van der Waals surface area contributed by atoms with Gasteiger partial charge in [-0.2, -0.15) is 0 Å². The molecule has 0 aliphatic rings. The van der Waals surface area contributed by atoms with Crippen molar-refractivity contribution in [3.63, 3.8) is 0 Å². The van der Waals surface area contributed by atoms with Crippen LogP contribution in [-0.2, 0) is 16.1 Å². The van der Waals surface area contributed by atoms with Crippen molar-refractivity contribution in [2.24, 2.45) is 11.5 Å². The van der Waals surface area contributed by atoms with Crippen molar-refractivity contribution in [2.75, 3.05) is 6.54 Å². The van der Waals surface area contributed by atoms with E-state index >= 15 is 0 Å². The smallest absolute Gasteiger partial charge is 0.239 e. The Morgan fingerprint density at radius 2 is 1.84 bits per heavy atom. The van der Waals surface area contributed by atoms with E-state index in [9.17, 15) is 9.59 Å². The van der Waals surface area contributed by atoms with E-state index in [-0.39, 0.29) is 24.7 Å². The van der Waals surface area contributed by atoms with Gasteiger partial charge in [0.05, 0.1) is 6.04 Å². The highest BCUT2D eigenvalue weighted by Crippen LogP contribution is 2.06. The molecule has 0 radical (unpaired) electrons. The first-order valence-electron chi connectivity index (χ1n) is 5.87. The zero-order chi connectivity index (χ0) is 13.5. The van der Waals surface area contributed by atoms with Crippen molar-refractivity contribution in [1.82, 2.24) is 4.90 Å². The lowest BCUT2D eigenvalue weighted by molar-refractivity contribution is -0.133. The summed E-state index contributed by atoms with van der Waals surface area (Å²) in [4.78, 5) is 24.3. The molecule has 1 rings (SSSR count). The molecular formula is C13H20ClN3O2. The van der Waals surface area contributed by atoms with Crippen LogP contribution in [0.3, 0.4) is 0 Å². The van der Waals surface area contributed by atoms with Gasteiger partial charge in [-0.1, -0.05) is 30.3 Å². The topological polar surface area (TPSA) is 89.4 Å². The number of hydrogen-bond donors (Lipinski definition) is 2. The first-order chi connectivity index (χ1) is 8.50. The second-order valence-electron chi connectivity index (χ2n) is 4.25. The molecule has 19 heavy (non-hydrogen) atoms. The third-order valence-electron chi connectivity index (χ3n) is 2.55. The zero-order valence-corrected chi connectivity index (χ0v) is 11.7. The van der Waals surface area contributed by atoms with Gasteiger partial charge in [-0.15, -0.1) is 12.4 Å². The van der Waals surface area contributed by atoms with Gasteiger partial charge in [0.25, 0.3) is 0 Å². The molecule has 0 saturated carbocycles. The average Bonchev–Trinajstić information content (AvgIpc) is 2.34. The molecule has 0 unspecified atom stereocenters. The van der Waals surface area contributed by atoms with E-state index in [1.54, 1.807) is 11.8 Å². The van der Waals surface area contributed by atoms with Gasteiger partial charge in [0, 0.05) is 19.5 Å². The van der Waals surface area contributed by atoms with Gasteiger partial charge in [0.2, 0.25) is 11.8 Å². The largest absolute Gasteiger partial charge is 0.370 e. The third-order valence-corrected chi connectivity index (χ3v) is 2.55. The monoisotopic (exact) mass is 285 g/mol. The fourth-order valence-corrected chi connectivity index (χ4v) is 1.60. The number of carbonyl (C=O) groups excluding carboxylic acids is 2. The third kappa shape index (κ3) is 6.22. The molecule has 0 saturated heterocycles. The minimum atomic E-state index is -0.582. The lowest BCUT2D eigenvalue weighted by Crippen LogP contribution is -2.42. The molecule has 6 heteroatoms. The highest BCUT2D eigenvalue weighted by Gasteiger charge is 2.18. The van der Waals surface area contributed by atoms with Crippen molar-refractivity contribution in [1.29, 1.82) is 0 Å². The van der Waals surface area contributed by atoms with Crippen molar-refractivity contribution >= 4 is 24.2 Å². The van der Waals surface area contributed by atoms with Crippen LogP contribution in [0.4, 0.5) is 0 Å². The molecule has 0 heterocycles. The fraction of sp³-hybridized carbons (Fsp3) is 0.385. The van der Waals surface area contributed by atoms with Crippen LogP contribution in [0.5, 0.6) is 0 Å². The first kappa shape index (κ1) is 17.4. The molecule has 0 spiro atoms. The van der Waals surface area contributed by atoms with E-state index in [0.29, 0.717) is 13.1 Å². The Morgan fingerprint density at radius 3 is 2.32 bits per heavy atom. The zero-order valence-electron chi connectivity index (χ0n) is 10.9. The molecule has 0 aromatic heterocycles. The number of nitrogens with two attached hydrogens (primary N) is 2. The van der Waals surface area contributed by atoms with Gasteiger partial charge in [-0.3, -0.25) is 9.59 Å². The van der Waals surface area contributed by atoms with Crippen LogP contribution in [0.2, 0.25) is 0 Å². The van der Waals surface area contributed by atoms with Gasteiger partial charge in [0.1, 0.15) is 0 Å². The van der Waals surface area contributed by atoms with E-state index in [2.05, 4.69) is 0 Å². The molecule has 5 nitrogen and oxygen atoms in total. The number of primary amides is 1. The van der Waals surface area contributed by atoms with Crippen LogP contribution in [0.15, 0.2) is 30.3 Å². The van der Waals surface area contributed by atoms with Crippen LogP contribution in [-0.4, -0.2) is 29.3 Å². The average molecular weight is 286 g/mol. The van der Waals surface area contributed by atoms with E-state index in [0.717, 1.165) is 5.56 Å². The summed E-state index contributed by atoms with van der Waals surface area (Å²) in [7, 11) is 0. The Kier molecular flexibility index (Phi) is 7.79. The maximum absolute atomic E-state index is 11.9. The second-order valence-corrected chi connectivity index (χ2v) is 4.25. The Bertz CT molecular complexity index is 410. The van der Waals surface area contributed by atoms with Gasteiger partial charge >= 0.3 is 0 Å². The molecule has 1 aromatic carbocycles. The summed E-state index contributed by atoms with van der Waals surface area (Å²) >= 11 is 0. The molecule has 0 bridgehead atoms. The number of benzene rings is 1. The molecule has 0 fully saturated rings. The Morgan fingerprint density at radius 1 is 1.26 bits per heavy atom. The van der Waals surface area contributed by atoms with Gasteiger partial charge in [-0.05, 0) is 12.5 Å². The summed E-state index contributed by atoms with van der Waals surface area (Å²) in [6.07, 6.45) is 0.144. The first-order valence-corrected chi connectivity index (χ1v) is 5.87. The fourth-order valence-electron chi connectivity index (χ4n) is 1.60. The SMILES string of the molecule is C[C@@H](N)C(=O)N(CCC(N)=O)Cc1ccccc1.Cl. The molecule has 4 N–H and O–H groups in total. The number of halogens is 1. The summed E-state index contributed by atoms with van der Waals surface area (Å²) in [6, 6.07) is 8.97. The summed E-state index contributed by atoms with van der Waals surface area (Å²) in [5.74, 6) is -0.606. The maximum atomic E-state index is 11.9. The molecule has 0 aliphatic carbocycles. The van der Waals surface area contributed by atoms with Gasteiger partial charge in [0.15, 0.2) is 0 Å². The summed E-state index contributed by atoms with van der Waals surface area (Å²) in [5.41, 5.74) is 11.7. The summed E-state index contributed by atoms with van der Waals surface area (Å²) in [5, 5.41) is 0. The Hall–Kier alpha value is -1.59. The molecule has 1 atom stereocenters. The normalized spacial score (nSPS) is 11.3. The van der Waals surface area contributed by atoms with E-state index in [1.807, 2.05) is 30.3 Å². The van der Waals surface area contributed by atoms with Crippen molar-refractivity contribution in [3.05, 3.63) is 35.9 Å². The molecule has 1 aromatic rings. The van der Waals surface area contributed by atoms with Gasteiger partial charge in [-0.25, -0.2) is 0 Å². The highest BCUT2D eigenvalue weighted by molar-refractivity contribution is 5.85. The Balaban J connectivity index is 0.00000324. The van der Waals surface area contributed by atoms with E-state index < -0.39 is 11.9 Å². The Labute approximate surface area is 119 Å². The van der Waals surface area contributed by atoms with Crippen LogP contribution in [0.1, 0.15) is 18.9 Å². The molecule has 0 aliphatic heterocycles. The predicted molar refractivity (Wildman–Crippen MR) is 76.6 cm³/mol. The molecular weight excluding hydrogens is 266 g/mol. The quantitative estimate of drug-likeness (QED) is 0.804. The van der Waals surface area contributed by atoms with Crippen LogP contribution < -0.4 is 11.5 Å². The van der Waals surface area contributed by atoms with Crippen molar-refractivity contribution in [2.45, 2.75) is 25.9 Å². The van der Waals surface area contributed by atoms with E-state index in [4.69, 9.17) is 11.5 Å². The van der Waals surface area contributed by atoms with Crippen molar-refractivity contribution in [3.8, 4) is 0 Å². The van der Waals surface area contributed by atoms with Gasteiger partial charge < -0.3 is 16.4 Å².